The first-order valence-electron chi connectivity index (χ1n) is 11.2. The molecule has 0 spiro atoms. The van der Waals surface area contributed by atoms with Crippen molar-refractivity contribution in [1.29, 1.82) is 0 Å². The molecular formula is C24H36IN5O3. The van der Waals surface area contributed by atoms with Gasteiger partial charge in [0.2, 0.25) is 0 Å². The first-order chi connectivity index (χ1) is 15.5. The van der Waals surface area contributed by atoms with E-state index in [1.54, 1.807) is 26.4 Å². The van der Waals surface area contributed by atoms with Gasteiger partial charge in [-0.2, -0.15) is 0 Å². The van der Waals surface area contributed by atoms with Crippen LogP contribution in [0.4, 0.5) is 5.82 Å². The van der Waals surface area contributed by atoms with E-state index in [2.05, 4.69) is 37.6 Å². The summed E-state index contributed by atoms with van der Waals surface area (Å²) in [6, 6.07) is 11.9. The average molecular weight is 569 g/mol. The van der Waals surface area contributed by atoms with Crippen LogP contribution in [0, 0.1) is 6.92 Å². The van der Waals surface area contributed by atoms with Gasteiger partial charge in [-0.25, -0.2) is 4.98 Å². The van der Waals surface area contributed by atoms with Crippen molar-refractivity contribution in [3.8, 4) is 11.5 Å². The molecule has 1 aromatic heterocycles. The molecule has 0 radical (unpaired) electrons. The van der Waals surface area contributed by atoms with Crippen LogP contribution in [0.3, 0.4) is 0 Å². The van der Waals surface area contributed by atoms with Crippen LogP contribution < -0.4 is 25.0 Å². The van der Waals surface area contributed by atoms with Crippen molar-refractivity contribution in [1.82, 2.24) is 15.6 Å². The van der Waals surface area contributed by atoms with Crippen molar-refractivity contribution in [3.05, 3.63) is 47.7 Å². The minimum atomic E-state index is -0.801. The second-order valence-electron chi connectivity index (χ2n) is 7.89. The number of pyridine rings is 1. The summed E-state index contributed by atoms with van der Waals surface area (Å²) in [7, 11) is 3.19. The van der Waals surface area contributed by atoms with E-state index < -0.39 is 6.10 Å². The van der Waals surface area contributed by atoms with Gasteiger partial charge in [0.25, 0.3) is 0 Å². The monoisotopic (exact) mass is 569 g/mol. The Bertz CT molecular complexity index is 903. The third kappa shape index (κ3) is 7.63. The Morgan fingerprint density at radius 1 is 1.21 bits per heavy atom. The van der Waals surface area contributed by atoms with Crippen LogP contribution in [0.2, 0.25) is 0 Å². The Balaban J connectivity index is 0.00000385. The van der Waals surface area contributed by atoms with Gasteiger partial charge >= 0.3 is 0 Å². The molecule has 0 aliphatic carbocycles. The molecule has 0 amide bonds. The number of nitrogens with one attached hydrogen (secondary N) is 2. The van der Waals surface area contributed by atoms with Crippen molar-refractivity contribution in [2.24, 2.45) is 4.99 Å². The van der Waals surface area contributed by atoms with Crippen LogP contribution in [0.15, 0.2) is 41.4 Å². The summed E-state index contributed by atoms with van der Waals surface area (Å²) in [6.45, 7) is 6.90. The molecule has 0 saturated carbocycles. The second kappa shape index (κ2) is 13.4. The number of halogens is 1. The highest BCUT2D eigenvalue weighted by Crippen LogP contribution is 2.29. The maximum absolute atomic E-state index is 10.7. The van der Waals surface area contributed by atoms with Crippen LogP contribution in [-0.2, 0) is 0 Å². The number of aromatic nitrogens is 1. The molecule has 8 nitrogen and oxygen atoms in total. The summed E-state index contributed by atoms with van der Waals surface area (Å²) >= 11 is 0. The molecule has 0 bridgehead atoms. The molecule has 1 aliphatic heterocycles. The number of nitrogens with zero attached hydrogens (tertiary/aromatic N) is 3. The average Bonchev–Trinajstić information content (AvgIpc) is 2.82. The lowest BCUT2D eigenvalue weighted by Crippen LogP contribution is -2.49. The molecule has 2 aromatic rings. The molecule has 1 unspecified atom stereocenters. The van der Waals surface area contributed by atoms with Crippen LogP contribution in [0.5, 0.6) is 11.5 Å². The largest absolute Gasteiger partial charge is 0.497 e. The van der Waals surface area contributed by atoms with Crippen molar-refractivity contribution >= 4 is 35.8 Å². The Hall–Kier alpha value is -2.27. The Morgan fingerprint density at radius 2 is 1.97 bits per heavy atom. The number of aliphatic hydroxyl groups excluding tert-OH is 1. The summed E-state index contributed by atoms with van der Waals surface area (Å²) in [4.78, 5) is 11.6. The Kier molecular flexibility index (Phi) is 11.0. The minimum absolute atomic E-state index is 0. The van der Waals surface area contributed by atoms with Gasteiger partial charge in [-0.3, -0.25) is 4.99 Å². The van der Waals surface area contributed by atoms with E-state index in [0.717, 1.165) is 44.0 Å². The first-order valence-corrected chi connectivity index (χ1v) is 11.2. The van der Waals surface area contributed by atoms with E-state index in [4.69, 9.17) is 9.47 Å². The number of guanidine groups is 1. The molecule has 1 saturated heterocycles. The van der Waals surface area contributed by atoms with Gasteiger partial charge in [0.1, 0.15) is 23.4 Å². The molecule has 3 rings (SSSR count). The molecule has 1 aromatic carbocycles. The van der Waals surface area contributed by atoms with Crippen molar-refractivity contribution < 1.29 is 14.6 Å². The predicted molar refractivity (Wildman–Crippen MR) is 143 cm³/mol. The van der Waals surface area contributed by atoms with Crippen LogP contribution in [0.1, 0.15) is 37.1 Å². The molecule has 182 valence electrons. The van der Waals surface area contributed by atoms with E-state index in [0.29, 0.717) is 29.1 Å². The third-order valence-electron chi connectivity index (χ3n) is 5.60. The summed E-state index contributed by atoms with van der Waals surface area (Å²) in [5.41, 5.74) is 1.70. The van der Waals surface area contributed by atoms with E-state index in [1.807, 2.05) is 26.0 Å². The number of ether oxygens (including phenoxy) is 2. The van der Waals surface area contributed by atoms with Crippen molar-refractivity contribution in [2.75, 3.05) is 45.3 Å². The Morgan fingerprint density at radius 3 is 2.61 bits per heavy atom. The molecule has 33 heavy (non-hydrogen) atoms. The van der Waals surface area contributed by atoms with E-state index >= 15 is 0 Å². The van der Waals surface area contributed by atoms with Crippen LogP contribution >= 0.6 is 24.0 Å². The van der Waals surface area contributed by atoms with Crippen LogP contribution in [-0.4, -0.2) is 62.5 Å². The lowest BCUT2D eigenvalue weighted by Gasteiger charge is -2.34. The molecule has 1 atom stereocenters. The van der Waals surface area contributed by atoms with Gasteiger partial charge in [0.15, 0.2) is 5.96 Å². The van der Waals surface area contributed by atoms with Gasteiger partial charge < -0.3 is 30.1 Å². The number of aliphatic hydroxyl groups is 1. The number of aliphatic imine (C=N–C) groups is 1. The van der Waals surface area contributed by atoms with E-state index in [1.165, 1.54) is 0 Å². The standard InChI is InChI=1S/C24H35N5O3.HI/c1-5-25-24(26-16-21(30)20-15-19(31-3)9-10-22(20)32-4)28-18-11-13-29(14-12-18)23-8-6-7-17(2)27-23;/h6-10,15,18,21,30H,5,11-14,16H2,1-4H3,(H2,25,26,28);1H. The SMILES string of the molecule is CCNC(=NCC(O)c1cc(OC)ccc1OC)NC1CCN(c2cccc(C)n2)CC1.I. The summed E-state index contributed by atoms with van der Waals surface area (Å²) in [5, 5.41) is 17.6. The zero-order valence-electron chi connectivity index (χ0n) is 19.9. The van der Waals surface area contributed by atoms with Gasteiger partial charge in [-0.15, -0.1) is 24.0 Å². The number of piperidine rings is 1. The maximum atomic E-state index is 10.7. The molecule has 1 aliphatic rings. The molecule has 1 fully saturated rings. The summed E-state index contributed by atoms with van der Waals surface area (Å²) in [6.07, 6.45) is 1.18. The lowest BCUT2D eigenvalue weighted by atomic mass is 10.1. The number of anilines is 1. The smallest absolute Gasteiger partial charge is 0.191 e. The minimum Gasteiger partial charge on any atom is -0.497 e. The molecular weight excluding hydrogens is 533 g/mol. The zero-order chi connectivity index (χ0) is 22.9. The Labute approximate surface area is 213 Å². The zero-order valence-corrected chi connectivity index (χ0v) is 22.2. The third-order valence-corrected chi connectivity index (χ3v) is 5.60. The van der Waals surface area contributed by atoms with Crippen LogP contribution in [0.25, 0.3) is 0 Å². The number of hydrogen-bond acceptors (Lipinski definition) is 6. The highest BCUT2D eigenvalue weighted by atomic mass is 127. The van der Waals surface area contributed by atoms with Crippen molar-refractivity contribution in [2.45, 2.75) is 38.8 Å². The topological polar surface area (TPSA) is 91.2 Å². The molecule has 9 heteroatoms. The van der Waals surface area contributed by atoms with Crippen molar-refractivity contribution in [3.63, 3.8) is 0 Å². The fraction of sp³-hybridized carbons (Fsp3) is 0.500. The highest BCUT2D eigenvalue weighted by Gasteiger charge is 2.21. The number of methoxy groups -OCH3 is 2. The number of rotatable bonds is 8. The summed E-state index contributed by atoms with van der Waals surface area (Å²) < 4.78 is 10.7. The quantitative estimate of drug-likeness (QED) is 0.256. The maximum Gasteiger partial charge on any atom is 0.191 e. The fourth-order valence-electron chi connectivity index (χ4n) is 3.85. The molecule has 3 N–H and O–H groups in total. The predicted octanol–water partition coefficient (Wildman–Crippen LogP) is 3.28. The first kappa shape index (κ1) is 27.0. The molecule has 2 heterocycles. The van der Waals surface area contributed by atoms with Gasteiger partial charge in [0, 0.05) is 36.9 Å². The number of benzene rings is 1. The second-order valence-corrected chi connectivity index (χ2v) is 7.89. The van der Waals surface area contributed by atoms with Gasteiger partial charge in [-0.05, 0) is 57.0 Å². The van der Waals surface area contributed by atoms with Gasteiger partial charge in [0.05, 0.1) is 20.8 Å². The fourth-order valence-corrected chi connectivity index (χ4v) is 3.85. The van der Waals surface area contributed by atoms with Gasteiger partial charge in [-0.1, -0.05) is 6.07 Å². The number of aryl methyl sites for hydroxylation is 1. The van der Waals surface area contributed by atoms with E-state index in [-0.39, 0.29) is 30.5 Å². The summed E-state index contributed by atoms with van der Waals surface area (Å²) in [5.74, 6) is 3.03. The normalized spacial score (nSPS) is 15.4. The number of hydrogen-bond donors (Lipinski definition) is 3. The highest BCUT2D eigenvalue weighted by molar-refractivity contribution is 14.0. The lowest BCUT2D eigenvalue weighted by molar-refractivity contribution is 0.182. The van der Waals surface area contributed by atoms with E-state index in [9.17, 15) is 5.11 Å².